The van der Waals surface area contributed by atoms with Crippen molar-refractivity contribution in [3.63, 3.8) is 0 Å². The van der Waals surface area contributed by atoms with Crippen LogP contribution in [0.25, 0.3) is 0 Å². The van der Waals surface area contributed by atoms with Crippen molar-refractivity contribution in [2.45, 2.75) is 32.9 Å². The van der Waals surface area contributed by atoms with Gasteiger partial charge in [0.25, 0.3) is 11.8 Å². The van der Waals surface area contributed by atoms with Gasteiger partial charge in [-0.15, -0.1) is 0 Å². The molecule has 0 radical (unpaired) electrons. The maximum Gasteiger partial charge on any atom is 0.253 e. The van der Waals surface area contributed by atoms with Gasteiger partial charge in [-0.05, 0) is 43.0 Å². The Morgan fingerprint density at radius 1 is 1.33 bits per heavy atom. The molecule has 2 amide bonds. The number of nitrogens with one attached hydrogen (secondary N) is 2. The molecule has 3 rings (SSSR count). The molecule has 0 bridgehead atoms. The number of benzene rings is 1. The fourth-order valence-corrected chi connectivity index (χ4v) is 3.02. The van der Waals surface area contributed by atoms with Gasteiger partial charge in [-0.2, -0.15) is 0 Å². The summed E-state index contributed by atoms with van der Waals surface area (Å²) in [5.74, 6) is 0.198. The van der Waals surface area contributed by atoms with Gasteiger partial charge in [-0.3, -0.25) is 9.59 Å². The third-order valence-corrected chi connectivity index (χ3v) is 4.79. The van der Waals surface area contributed by atoms with E-state index in [0.29, 0.717) is 35.9 Å². The van der Waals surface area contributed by atoms with E-state index in [0.717, 1.165) is 12.0 Å². The number of amides is 2. The first-order chi connectivity index (χ1) is 12.9. The first kappa shape index (κ1) is 18.8. The van der Waals surface area contributed by atoms with Gasteiger partial charge >= 0.3 is 0 Å². The summed E-state index contributed by atoms with van der Waals surface area (Å²) >= 11 is 0. The Kier molecular flexibility index (Phi) is 5.35. The second-order valence-corrected chi connectivity index (χ2v) is 7.04. The largest absolute Gasteiger partial charge is 0.508 e. The van der Waals surface area contributed by atoms with Crippen LogP contribution < -0.4 is 10.6 Å². The number of rotatable bonds is 6. The minimum atomic E-state index is -0.262. The Balaban J connectivity index is 1.86. The van der Waals surface area contributed by atoms with Crippen LogP contribution in [0.3, 0.4) is 0 Å². The molecule has 2 atom stereocenters. The van der Waals surface area contributed by atoms with Gasteiger partial charge in [0.15, 0.2) is 0 Å². The lowest BCUT2D eigenvalue weighted by Gasteiger charge is -2.29. The van der Waals surface area contributed by atoms with Crippen molar-refractivity contribution in [2.75, 3.05) is 6.54 Å². The van der Waals surface area contributed by atoms with E-state index in [1.54, 1.807) is 35.4 Å². The molecule has 1 fully saturated rings. The van der Waals surface area contributed by atoms with E-state index in [-0.39, 0.29) is 23.6 Å². The molecule has 1 aliphatic heterocycles. The molecule has 1 saturated carbocycles. The van der Waals surface area contributed by atoms with Crippen molar-refractivity contribution < 1.29 is 14.7 Å². The fraction of sp³-hybridized carbons (Fsp3) is 0.333. The summed E-state index contributed by atoms with van der Waals surface area (Å²) in [6.07, 6.45) is 4.28. The van der Waals surface area contributed by atoms with Crippen LogP contribution in [0.15, 0.2) is 60.0 Å². The molecule has 0 unspecified atom stereocenters. The molecule has 1 aromatic rings. The van der Waals surface area contributed by atoms with Crippen LogP contribution in [-0.4, -0.2) is 34.4 Å². The molecule has 0 spiro atoms. The molecule has 142 valence electrons. The van der Waals surface area contributed by atoms with Crippen molar-refractivity contribution in [3.05, 3.63) is 65.5 Å². The molecule has 1 heterocycles. The standard InChI is InChI=1S/C21H25N3O3/c1-4-22-21(27)18-10-16(20(26)23-19-8-13(19)2)12-24(14(18)3)11-15-6-5-7-17(25)9-15/h5-7,9-10,12-13,19,25H,3-4,8,11H2,1-2H3,(H,22,27)(H,23,26)/t13-,19-/m0/s1. The van der Waals surface area contributed by atoms with Crippen LogP contribution >= 0.6 is 0 Å². The first-order valence-corrected chi connectivity index (χ1v) is 9.15. The lowest BCUT2D eigenvalue weighted by atomic mass is 10.0. The molecule has 2 aliphatic rings. The summed E-state index contributed by atoms with van der Waals surface area (Å²) in [6, 6.07) is 7.07. The number of nitrogens with zero attached hydrogens (tertiary/aromatic N) is 1. The average Bonchev–Trinajstić information content (AvgIpc) is 3.31. The molecule has 3 N–H and O–H groups in total. The van der Waals surface area contributed by atoms with E-state index in [1.165, 1.54) is 0 Å². The minimum absolute atomic E-state index is 0.166. The number of likely N-dealkylation sites (N-methyl/N-ethyl adjacent to an activating group) is 1. The van der Waals surface area contributed by atoms with Crippen molar-refractivity contribution in [1.82, 2.24) is 15.5 Å². The molecule has 27 heavy (non-hydrogen) atoms. The highest BCUT2D eigenvalue weighted by atomic mass is 16.3. The smallest absolute Gasteiger partial charge is 0.253 e. The van der Waals surface area contributed by atoms with Crippen molar-refractivity contribution in [1.29, 1.82) is 0 Å². The van der Waals surface area contributed by atoms with E-state index < -0.39 is 0 Å². The van der Waals surface area contributed by atoms with E-state index in [1.807, 2.05) is 13.0 Å². The number of phenols is 1. The number of hydrogen-bond acceptors (Lipinski definition) is 4. The van der Waals surface area contributed by atoms with E-state index in [2.05, 4.69) is 24.1 Å². The summed E-state index contributed by atoms with van der Waals surface area (Å²) in [6.45, 7) is 8.84. The van der Waals surface area contributed by atoms with Crippen LogP contribution in [0, 0.1) is 5.92 Å². The molecule has 0 aromatic heterocycles. The first-order valence-electron chi connectivity index (χ1n) is 9.15. The van der Waals surface area contributed by atoms with Gasteiger partial charge in [0.05, 0.1) is 11.1 Å². The van der Waals surface area contributed by atoms with Crippen molar-refractivity contribution >= 4 is 11.8 Å². The Morgan fingerprint density at radius 2 is 2.07 bits per heavy atom. The third-order valence-electron chi connectivity index (χ3n) is 4.79. The Labute approximate surface area is 159 Å². The highest BCUT2D eigenvalue weighted by molar-refractivity contribution is 6.04. The second-order valence-electron chi connectivity index (χ2n) is 7.04. The SMILES string of the molecule is C=C1C(C(=O)NCC)=CC(C(=O)N[C@H]2C[C@@H]2C)=CN1Cc1cccc(O)c1. The molecular formula is C21H25N3O3. The molecule has 0 saturated heterocycles. The number of carbonyl (C=O) groups excluding carboxylic acids is 2. The number of phenolic OH excluding ortho intramolecular Hbond substituents is 1. The van der Waals surface area contributed by atoms with E-state index >= 15 is 0 Å². The normalized spacial score (nSPS) is 21.3. The highest BCUT2D eigenvalue weighted by Crippen LogP contribution is 2.30. The molecule has 6 nitrogen and oxygen atoms in total. The predicted octanol–water partition coefficient (Wildman–Crippen LogP) is 2.19. The molecular weight excluding hydrogens is 342 g/mol. The van der Waals surface area contributed by atoms with Crippen LogP contribution in [-0.2, 0) is 16.1 Å². The Hall–Kier alpha value is -3.02. The van der Waals surface area contributed by atoms with Gasteiger partial charge in [0.2, 0.25) is 0 Å². The van der Waals surface area contributed by atoms with E-state index in [4.69, 9.17) is 0 Å². The van der Waals surface area contributed by atoms with Crippen LogP contribution in [0.4, 0.5) is 0 Å². The molecule has 1 aliphatic carbocycles. The topological polar surface area (TPSA) is 81.7 Å². The van der Waals surface area contributed by atoms with Crippen LogP contribution in [0.5, 0.6) is 5.75 Å². The summed E-state index contributed by atoms with van der Waals surface area (Å²) in [5.41, 5.74) is 2.15. The Morgan fingerprint density at radius 3 is 2.70 bits per heavy atom. The van der Waals surface area contributed by atoms with Gasteiger partial charge in [0, 0.05) is 31.0 Å². The monoisotopic (exact) mass is 367 g/mol. The zero-order valence-electron chi connectivity index (χ0n) is 15.7. The quantitative estimate of drug-likeness (QED) is 0.720. The van der Waals surface area contributed by atoms with Gasteiger partial charge in [-0.25, -0.2) is 0 Å². The summed E-state index contributed by atoms with van der Waals surface area (Å²) in [4.78, 5) is 26.8. The lowest BCUT2D eigenvalue weighted by Crippen LogP contribution is -2.34. The maximum atomic E-state index is 12.6. The predicted molar refractivity (Wildman–Crippen MR) is 103 cm³/mol. The third kappa shape index (κ3) is 4.39. The van der Waals surface area contributed by atoms with Gasteiger partial charge in [0.1, 0.15) is 5.75 Å². The zero-order chi connectivity index (χ0) is 19.6. The van der Waals surface area contributed by atoms with Gasteiger partial charge in [-0.1, -0.05) is 25.6 Å². The van der Waals surface area contributed by atoms with Crippen molar-refractivity contribution in [3.8, 4) is 5.75 Å². The highest BCUT2D eigenvalue weighted by Gasteiger charge is 2.35. The zero-order valence-corrected chi connectivity index (χ0v) is 15.7. The number of hydrogen-bond donors (Lipinski definition) is 3. The summed E-state index contributed by atoms with van der Waals surface area (Å²) < 4.78 is 0. The minimum Gasteiger partial charge on any atom is -0.508 e. The average molecular weight is 367 g/mol. The van der Waals surface area contributed by atoms with E-state index in [9.17, 15) is 14.7 Å². The van der Waals surface area contributed by atoms with Crippen molar-refractivity contribution in [2.24, 2.45) is 5.92 Å². The molecule has 1 aromatic carbocycles. The number of aromatic hydroxyl groups is 1. The Bertz CT molecular complexity index is 841. The second kappa shape index (κ2) is 7.70. The van der Waals surface area contributed by atoms with Gasteiger partial charge < -0.3 is 20.6 Å². The van der Waals surface area contributed by atoms with Crippen LogP contribution in [0.2, 0.25) is 0 Å². The summed E-state index contributed by atoms with van der Waals surface area (Å²) in [5, 5.41) is 15.5. The number of carbonyl (C=O) groups is 2. The fourth-order valence-electron chi connectivity index (χ4n) is 3.02. The summed E-state index contributed by atoms with van der Waals surface area (Å²) in [7, 11) is 0. The maximum absolute atomic E-state index is 12.6. The van der Waals surface area contributed by atoms with Crippen LogP contribution in [0.1, 0.15) is 25.8 Å². The molecule has 6 heteroatoms. The lowest BCUT2D eigenvalue weighted by molar-refractivity contribution is -0.117.